The average molecular weight is 191 g/mol. The maximum Gasteiger partial charge on any atom is 0.165 e. The largest absolute Gasteiger partial charge is 0.313 e. The predicted octanol–water partition coefficient (Wildman–Crippen LogP) is 1.04. The van der Waals surface area contributed by atoms with Gasteiger partial charge >= 0.3 is 0 Å². The van der Waals surface area contributed by atoms with Crippen molar-refractivity contribution < 1.29 is 8.42 Å². The molecule has 3 nitrogen and oxygen atoms in total. The minimum absolute atomic E-state index is 0.631. The van der Waals surface area contributed by atoms with Gasteiger partial charge in [-0.15, -0.1) is 0 Å². The van der Waals surface area contributed by atoms with Crippen molar-refractivity contribution in [3.05, 3.63) is 0 Å². The highest BCUT2D eigenvalue weighted by Gasteiger charge is 2.36. The summed E-state index contributed by atoms with van der Waals surface area (Å²) in [6, 6.07) is 0. The summed E-state index contributed by atoms with van der Waals surface area (Å²) >= 11 is 0. The van der Waals surface area contributed by atoms with Gasteiger partial charge in [0.05, 0.1) is 0 Å². The maximum atomic E-state index is 11.3. The molecule has 0 spiro atoms. The Kier molecular flexibility index (Phi) is 2.78. The highest BCUT2D eigenvalue weighted by atomic mass is 32.2. The summed E-state index contributed by atoms with van der Waals surface area (Å²) in [7, 11) is -3.07. The van der Waals surface area contributed by atoms with Crippen LogP contribution in [0.4, 0.5) is 0 Å². The molecular weight excluding hydrogens is 174 g/mol. The topological polar surface area (TPSA) is 60.2 Å². The molecule has 0 saturated heterocycles. The van der Waals surface area contributed by atoms with Crippen LogP contribution in [0.1, 0.15) is 38.5 Å². The van der Waals surface area contributed by atoms with E-state index in [1.165, 1.54) is 6.26 Å². The van der Waals surface area contributed by atoms with E-state index in [1.54, 1.807) is 0 Å². The summed E-state index contributed by atoms with van der Waals surface area (Å²) in [6.07, 6.45) is 6.64. The first-order valence-corrected chi connectivity index (χ1v) is 6.33. The van der Waals surface area contributed by atoms with E-state index in [1.807, 2.05) is 0 Å². The van der Waals surface area contributed by atoms with Crippen molar-refractivity contribution in [2.24, 2.45) is 5.73 Å². The van der Waals surface area contributed by atoms with Crippen LogP contribution in [0.15, 0.2) is 0 Å². The summed E-state index contributed by atoms with van der Waals surface area (Å²) in [4.78, 5) is -0.927. The first-order chi connectivity index (χ1) is 5.46. The predicted molar refractivity (Wildman–Crippen MR) is 49.5 cm³/mol. The third-order valence-corrected chi connectivity index (χ3v) is 4.57. The molecule has 0 aliphatic heterocycles. The van der Waals surface area contributed by atoms with Crippen LogP contribution in [0.3, 0.4) is 0 Å². The van der Waals surface area contributed by atoms with Crippen molar-refractivity contribution in [2.75, 3.05) is 6.26 Å². The molecule has 2 N–H and O–H groups in total. The Hall–Kier alpha value is -0.0900. The van der Waals surface area contributed by atoms with Crippen molar-refractivity contribution in [1.82, 2.24) is 0 Å². The molecular formula is C8H17NO2S. The van der Waals surface area contributed by atoms with Gasteiger partial charge in [0.25, 0.3) is 0 Å². The van der Waals surface area contributed by atoms with Gasteiger partial charge in [0.2, 0.25) is 0 Å². The Labute approximate surface area is 74.3 Å². The minimum Gasteiger partial charge on any atom is -0.313 e. The van der Waals surface area contributed by atoms with Crippen molar-refractivity contribution >= 4 is 9.84 Å². The van der Waals surface area contributed by atoms with E-state index in [2.05, 4.69) is 0 Å². The van der Waals surface area contributed by atoms with Crippen LogP contribution in [0, 0.1) is 0 Å². The Morgan fingerprint density at radius 2 is 1.50 bits per heavy atom. The molecule has 72 valence electrons. The van der Waals surface area contributed by atoms with Gasteiger partial charge in [-0.25, -0.2) is 8.42 Å². The fraction of sp³-hybridized carbons (Fsp3) is 1.00. The molecule has 0 amide bonds. The van der Waals surface area contributed by atoms with Gasteiger partial charge in [0, 0.05) is 6.26 Å². The normalized spacial score (nSPS) is 24.8. The van der Waals surface area contributed by atoms with E-state index >= 15 is 0 Å². The summed E-state index contributed by atoms with van der Waals surface area (Å²) < 4.78 is 22.7. The highest BCUT2D eigenvalue weighted by molar-refractivity contribution is 7.92. The molecule has 1 aliphatic carbocycles. The number of nitrogens with two attached hydrogens (primary N) is 1. The zero-order valence-corrected chi connectivity index (χ0v) is 8.36. The maximum absolute atomic E-state index is 11.3. The lowest BCUT2D eigenvalue weighted by atomic mass is 10.1. The number of sulfone groups is 1. The third-order valence-electron chi connectivity index (χ3n) is 2.69. The Morgan fingerprint density at radius 3 is 1.83 bits per heavy atom. The molecule has 0 unspecified atom stereocenters. The summed E-state index contributed by atoms with van der Waals surface area (Å²) in [5.74, 6) is 0. The summed E-state index contributed by atoms with van der Waals surface area (Å²) in [5, 5.41) is 0. The first kappa shape index (κ1) is 9.99. The fourth-order valence-corrected chi connectivity index (χ4v) is 2.73. The van der Waals surface area contributed by atoms with Crippen LogP contribution in [-0.4, -0.2) is 19.5 Å². The fourth-order valence-electron chi connectivity index (χ4n) is 1.70. The third kappa shape index (κ3) is 1.98. The molecule has 4 heteroatoms. The van der Waals surface area contributed by atoms with Crippen molar-refractivity contribution in [1.29, 1.82) is 0 Å². The van der Waals surface area contributed by atoms with Gasteiger partial charge in [-0.1, -0.05) is 25.7 Å². The van der Waals surface area contributed by atoms with E-state index in [4.69, 9.17) is 5.73 Å². The Bertz CT molecular complexity index is 238. The lowest BCUT2D eigenvalue weighted by Crippen LogP contribution is -2.46. The zero-order chi connectivity index (χ0) is 9.24. The molecule has 0 aromatic heterocycles. The minimum atomic E-state index is -3.07. The second-order valence-electron chi connectivity index (χ2n) is 3.75. The van der Waals surface area contributed by atoms with Gasteiger partial charge < -0.3 is 5.73 Å². The van der Waals surface area contributed by atoms with Gasteiger partial charge in [-0.3, -0.25) is 0 Å². The molecule has 0 atom stereocenters. The molecule has 12 heavy (non-hydrogen) atoms. The first-order valence-electron chi connectivity index (χ1n) is 4.44. The standard InChI is InChI=1S/C8H17NO2S/c1-12(10,11)8(9)6-4-2-3-5-7-8/h2-7,9H2,1H3. The summed E-state index contributed by atoms with van der Waals surface area (Å²) in [6.45, 7) is 0. The average Bonchev–Trinajstić information content (AvgIpc) is 2.12. The van der Waals surface area contributed by atoms with Crippen LogP contribution in [0.25, 0.3) is 0 Å². The molecule has 1 saturated carbocycles. The smallest absolute Gasteiger partial charge is 0.165 e. The lowest BCUT2D eigenvalue weighted by Gasteiger charge is -2.25. The number of hydrogen-bond donors (Lipinski definition) is 1. The molecule has 0 bridgehead atoms. The van der Waals surface area contributed by atoms with E-state index < -0.39 is 14.7 Å². The molecule has 1 fully saturated rings. The second-order valence-corrected chi connectivity index (χ2v) is 6.11. The summed E-state index contributed by atoms with van der Waals surface area (Å²) in [5.41, 5.74) is 5.85. The SMILES string of the molecule is CS(=O)(=O)C1(N)CCCCCC1. The molecule has 1 aliphatic rings. The Balaban J connectivity index is 2.81. The van der Waals surface area contributed by atoms with Crippen LogP contribution < -0.4 is 5.73 Å². The quantitative estimate of drug-likeness (QED) is 0.630. The van der Waals surface area contributed by atoms with Gasteiger partial charge in [0.15, 0.2) is 9.84 Å². The monoisotopic (exact) mass is 191 g/mol. The molecule has 1 rings (SSSR count). The van der Waals surface area contributed by atoms with Crippen LogP contribution in [0.5, 0.6) is 0 Å². The molecule has 0 aromatic carbocycles. The number of hydrogen-bond acceptors (Lipinski definition) is 3. The van der Waals surface area contributed by atoms with E-state index in [0.717, 1.165) is 25.7 Å². The second kappa shape index (κ2) is 3.34. The van der Waals surface area contributed by atoms with E-state index in [9.17, 15) is 8.42 Å². The molecule has 0 radical (unpaired) electrons. The van der Waals surface area contributed by atoms with E-state index in [-0.39, 0.29) is 0 Å². The number of rotatable bonds is 1. The van der Waals surface area contributed by atoms with Gasteiger partial charge in [-0.2, -0.15) is 0 Å². The highest BCUT2D eigenvalue weighted by Crippen LogP contribution is 2.28. The van der Waals surface area contributed by atoms with Crippen molar-refractivity contribution in [2.45, 2.75) is 43.4 Å². The Morgan fingerprint density at radius 1 is 1.08 bits per heavy atom. The molecule has 0 heterocycles. The van der Waals surface area contributed by atoms with Crippen LogP contribution in [-0.2, 0) is 9.84 Å². The van der Waals surface area contributed by atoms with Crippen LogP contribution >= 0.6 is 0 Å². The zero-order valence-electron chi connectivity index (χ0n) is 7.54. The molecule has 0 aromatic rings. The lowest BCUT2D eigenvalue weighted by molar-refractivity contribution is 0.473. The van der Waals surface area contributed by atoms with Crippen molar-refractivity contribution in [3.63, 3.8) is 0 Å². The van der Waals surface area contributed by atoms with Crippen LogP contribution in [0.2, 0.25) is 0 Å². The van der Waals surface area contributed by atoms with Gasteiger partial charge in [0.1, 0.15) is 4.87 Å². The van der Waals surface area contributed by atoms with E-state index in [0.29, 0.717) is 12.8 Å². The van der Waals surface area contributed by atoms with Gasteiger partial charge in [-0.05, 0) is 12.8 Å². The van der Waals surface area contributed by atoms with Crippen molar-refractivity contribution in [3.8, 4) is 0 Å².